The van der Waals surface area contributed by atoms with Crippen LogP contribution in [0.2, 0.25) is 0 Å². The predicted octanol–water partition coefficient (Wildman–Crippen LogP) is 1.93. The van der Waals surface area contributed by atoms with Gasteiger partial charge < -0.3 is 24.3 Å². The van der Waals surface area contributed by atoms with Crippen molar-refractivity contribution in [2.24, 2.45) is 0 Å². The highest BCUT2D eigenvalue weighted by atomic mass is 16.5. The Morgan fingerprint density at radius 2 is 2.20 bits per heavy atom. The fourth-order valence-corrected chi connectivity index (χ4v) is 2.09. The third-order valence-electron chi connectivity index (χ3n) is 3.09. The summed E-state index contributed by atoms with van der Waals surface area (Å²) in [5, 5.41) is 13.8. The number of rotatable bonds is 8. The van der Waals surface area contributed by atoms with Gasteiger partial charge in [-0.05, 0) is 25.1 Å². The van der Waals surface area contributed by atoms with E-state index < -0.39 is 6.10 Å². The monoisotopic (exact) mass is 279 g/mol. The minimum Gasteiger partial charge on any atom is -0.493 e. The molecule has 1 aromatic carbocycles. The summed E-state index contributed by atoms with van der Waals surface area (Å²) in [6.07, 6.45) is 0.223. The van der Waals surface area contributed by atoms with Gasteiger partial charge in [-0.25, -0.2) is 0 Å². The molecular weight excluding hydrogens is 258 g/mol. The Labute approximate surface area is 118 Å². The zero-order valence-electron chi connectivity index (χ0n) is 11.9. The number of hydrogen-bond acceptors (Lipinski definition) is 5. The highest BCUT2D eigenvalue weighted by Crippen LogP contribution is 2.28. The molecule has 1 heterocycles. The zero-order chi connectivity index (χ0) is 14.4. The van der Waals surface area contributed by atoms with E-state index in [1.165, 1.54) is 0 Å². The van der Waals surface area contributed by atoms with E-state index in [1.807, 2.05) is 24.3 Å². The molecule has 1 aromatic heterocycles. The van der Waals surface area contributed by atoms with Crippen molar-refractivity contribution >= 4 is 11.0 Å². The zero-order valence-corrected chi connectivity index (χ0v) is 11.9. The SMILES string of the molecule is COCC(O)CCNCc1cc2cccc(OC)c2o1. The molecule has 2 N–H and O–H groups in total. The Morgan fingerprint density at radius 3 is 2.95 bits per heavy atom. The Bertz CT molecular complexity index is 538. The Balaban J connectivity index is 1.87. The van der Waals surface area contributed by atoms with Crippen LogP contribution in [0, 0.1) is 0 Å². The summed E-state index contributed by atoms with van der Waals surface area (Å²) in [4.78, 5) is 0. The normalized spacial score (nSPS) is 12.8. The molecule has 20 heavy (non-hydrogen) atoms. The molecule has 0 aliphatic carbocycles. The van der Waals surface area contributed by atoms with E-state index in [2.05, 4.69) is 5.32 Å². The van der Waals surface area contributed by atoms with Gasteiger partial charge in [0.25, 0.3) is 0 Å². The van der Waals surface area contributed by atoms with Crippen molar-refractivity contribution in [2.75, 3.05) is 27.4 Å². The van der Waals surface area contributed by atoms with Gasteiger partial charge in [-0.2, -0.15) is 0 Å². The van der Waals surface area contributed by atoms with Gasteiger partial charge in [0.2, 0.25) is 0 Å². The molecule has 0 fully saturated rings. The van der Waals surface area contributed by atoms with E-state index in [-0.39, 0.29) is 0 Å². The van der Waals surface area contributed by atoms with Crippen molar-refractivity contribution < 1.29 is 19.0 Å². The minimum absolute atomic E-state index is 0.365. The number of fused-ring (bicyclic) bond motifs is 1. The van der Waals surface area contributed by atoms with Gasteiger partial charge in [0, 0.05) is 12.5 Å². The Hall–Kier alpha value is -1.56. The third-order valence-corrected chi connectivity index (χ3v) is 3.09. The molecule has 0 saturated heterocycles. The molecule has 1 unspecified atom stereocenters. The van der Waals surface area contributed by atoms with E-state index in [9.17, 15) is 5.11 Å². The van der Waals surface area contributed by atoms with Gasteiger partial charge in [-0.3, -0.25) is 0 Å². The standard InChI is InChI=1S/C15H21NO4/c1-18-10-12(17)6-7-16-9-13-8-11-4-3-5-14(19-2)15(11)20-13/h3-5,8,12,16-17H,6-7,9-10H2,1-2H3. The molecule has 110 valence electrons. The highest BCUT2D eigenvalue weighted by Gasteiger charge is 2.08. The molecule has 2 aromatic rings. The van der Waals surface area contributed by atoms with E-state index in [4.69, 9.17) is 13.9 Å². The molecule has 0 bridgehead atoms. The van der Waals surface area contributed by atoms with Gasteiger partial charge in [0.1, 0.15) is 5.76 Å². The summed E-state index contributed by atoms with van der Waals surface area (Å²) >= 11 is 0. The van der Waals surface area contributed by atoms with Crippen LogP contribution >= 0.6 is 0 Å². The quantitative estimate of drug-likeness (QED) is 0.723. The van der Waals surface area contributed by atoms with Gasteiger partial charge in [0.15, 0.2) is 11.3 Å². The second-order valence-corrected chi connectivity index (χ2v) is 4.67. The van der Waals surface area contributed by atoms with Crippen LogP contribution in [0.5, 0.6) is 5.75 Å². The van der Waals surface area contributed by atoms with Gasteiger partial charge in [-0.15, -0.1) is 0 Å². The number of ether oxygens (including phenoxy) is 2. The predicted molar refractivity (Wildman–Crippen MR) is 77.0 cm³/mol. The van der Waals surface area contributed by atoms with Crippen molar-refractivity contribution in [3.8, 4) is 5.75 Å². The Kier molecular flexibility index (Phi) is 5.40. The molecule has 5 nitrogen and oxygen atoms in total. The first-order valence-corrected chi connectivity index (χ1v) is 6.67. The summed E-state index contributed by atoms with van der Waals surface area (Å²) in [5.41, 5.74) is 0.770. The number of nitrogens with one attached hydrogen (secondary N) is 1. The lowest BCUT2D eigenvalue weighted by molar-refractivity contribution is 0.0593. The fraction of sp³-hybridized carbons (Fsp3) is 0.467. The van der Waals surface area contributed by atoms with Gasteiger partial charge >= 0.3 is 0 Å². The van der Waals surface area contributed by atoms with Gasteiger partial charge in [-0.1, -0.05) is 12.1 Å². The topological polar surface area (TPSA) is 63.9 Å². The van der Waals surface area contributed by atoms with Crippen LogP contribution in [0.25, 0.3) is 11.0 Å². The first-order valence-electron chi connectivity index (χ1n) is 6.67. The summed E-state index contributed by atoms with van der Waals surface area (Å²) in [6, 6.07) is 7.81. The summed E-state index contributed by atoms with van der Waals surface area (Å²) in [7, 11) is 3.21. The van der Waals surface area contributed by atoms with Crippen molar-refractivity contribution in [1.29, 1.82) is 0 Å². The lowest BCUT2D eigenvalue weighted by atomic mass is 10.2. The second-order valence-electron chi connectivity index (χ2n) is 4.67. The van der Waals surface area contributed by atoms with Crippen molar-refractivity contribution in [1.82, 2.24) is 5.32 Å². The maximum Gasteiger partial charge on any atom is 0.176 e. The lowest BCUT2D eigenvalue weighted by Gasteiger charge is -2.09. The molecular formula is C15H21NO4. The average Bonchev–Trinajstić information content (AvgIpc) is 2.86. The lowest BCUT2D eigenvalue weighted by Crippen LogP contribution is -2.22. The van der Waals surface area contributed by atoms with Crippen molar-refractivity contribution in [2.45, 2.75) is 19.1 Å². The average molecular weight is 279 g/mol. The maximum absolute atomic E-state index is 9.52. The van der Waals surface area contributed by atoms with Crippen LogP contribution in [0.4, 0.5) is 0 Å². The molecule has 5 heteroatoms. The van der Waals surface area contributed by atoms with Crippen LogP contribution in [-0.2, 0) is 11.3 Å². The van der Waals surface area contributed by atoms with Gasteiger partial charge in [0.05, 0.1) is 26.4 Å². The molecule has 0 spiro atoms. The Morgan fingerprint density at radius 1 is 1.35 bits per heavy atom. The van der Waals surface area contributed by atoms with Crippen LogP contribution < -0.4 is 10.1 Å². The fourth-order valence-electron chi connectivity index (χ4n) is 2.09. The van der Waals surface area contributed by atoms with Crippen molar-refractivity contribution in [3.05, 3.63) is 30.0 Å². The van der Waals surface area contributed by atoms with E-state index >= 15 is 0 Å². The molecule has 0 aliphatic rings. The second kappa shape index (κ2) is 7.28. The number of benzene rings is 1. The first-order chi connectivity index (χ1) is 9.74. The van der Waals surface area contributed by atoms with E-state index in [0.717, 1.165) is 22.5 Å². The minimum atomic E-state index is -0.428. The smallest absolute Gasteiger partial charge is 0.176 e. The molecule has 0 radical (unpaired) electrons. The van der Waals surface area contributed by atoms with Crippen LogP contribution in [0.3, 0.4) is 0 Å². The summed E-state index contributed by atoms with van der Waals surface area (Å²) in [6.45, 7) is 1.69. The van der Waals surface area contributed by atoms with E-state index in [1.54, 1.807) is 14.2 Å². The number of para-hydroxylation sites is 1. The highest BCUT2D eigenvalue weighted by molar-refractivity contribution is 5.83. The number of methoxy groups -OCH3 is 2. The molecule has 0 saturated carbocycles. The van der Waals surface area contributed by atoms with Crippen LogP contribution in [0.15, 0.2) is 28.7 Å². The molecule has 1 atom stereocenters. The largest absolute Gasteiger partial charge is 0.493 e. The van der Waals surface area contributed by atoms with Crippen LogP contribution in [-0.4, -0.2) is 38.6 Å². The summed E-state index contributed by atoms with van der Waals surface area (Å²) < 4.78 is 15.9. The maximum atomic E-state index is 9.52. The van der Waals surface area contributed by atoms with E-state index in [0.29, 0.717) is 26.1 Å². The molecule has 2 rings (SSSR count). The molecule has 0 amide bonds. The third kappa shape index (κ3) is 3.72. The molecule has 0 aliphatic heterocycles. The van der Waals surface area contributed by atoms with Crippen LogP contribution in [0.1, 0.15) is 12.2 Å². The number of aliphatic hydroxyl groups is 1. The first kappa shape index (κ1) is 14.8. The number of aliphatic hydroxyl groups excluding tert-OH is 1. The van der Waals surface area contributed by atoms with Crippen molar-refractivity contribution in [3.63, 3.8) is 0 Å². The number of furan rings is 1. The number of hydrogen-bond donors (Lipinski definition) is 2. The summed E-state index contributed by atoms with van der Waals surface area (Å²) in [5.74, 6) is 1.59.